The number of hydrogen-bond acceptors (Lipinski definition) is 9. The zero-order valence-corrected chi connectivity index (χ0v) is 31.0. The zero-order chi connectivity index (χ0) is 37.1. The van der Waals surface area contributed by atoms with Gasteiger partial charge in [0, 0.05) is 30.1 Å². The van der Waals surface area contributed by atoms with Gasteiger partial charge in [0.25, 0.3) is 11.7 Å². The number of aryl methyl sites for hydroxylation is 2. The Balaban J connectivity index is 0.878. The number of aromatic nitrogens is 5. The Morgan fingerprint density at radius 2 is 1.77 bits per heavy atom. The van der Waals surface area contributed by atoms with Crippen LogP contribution in [0.3, 0.4) is 0 Å². The molecule has 5 heterocycles. The van der Waals surface area contributed by atoms with Gasteiger partial charge in [-0.25, -0.2) is 9.50 Å². The zero-order valence-electron chi connectivity index (χ0n) is 31.0. The molecule has 2 aromatic carbocycles. The van der Waals surface area contributed by atoms with Gasteiger partial charge < -0.3 is 14.7 Å². The Morgan fingerprint density at radius 3 is 2.49 bits per heavy atom. The van der Waals surface area contributed by atoms with E-state index in [1.165, 1.54) is 11.1 Å². The maximum absolute atomic E-state index is 12.7. The van der Waals surface area contributed by atoms with Gasteiger partial charge in [0.15, 0.2) is 0 Å². The molecule has 1 unspecified atom stereocenters. The van der Waals surface area contributed by atoms with Gasteiger partial charge in [-0.05, 0) is 111 Å². The van der Waals surface area contributed by atoms with E-state index in [0.717, 1.165) is 85.2 Å². The number of unbranched alkanes of at least 4 members (excludes halogenated alkanes) is 1. The highest BCUT2D eigenvalue weighted by atomic mass is 16.5. The molecule has 0 saturated carbocycles. The highest BCUT2D eigenvalue weighted by Crippen LogP contribution is 2.32. The number of benzene rings is 2. The quantitative estimate of drug-likeness (QED) is 0.123. The van der Waals surface area contributed by atoms with Gasteiger partial charge >= 0.3 is 0 Å². The predicted molar refractivity (Wildman–Crippen MR) is 200 cm³/mol. The molecule has 2 aliphatic heterocycles. The molecule has 2 aliphatic rings. The fraction of sp³-hybridized carbons (Fsp3) is 0.439. The summed E-state index contributed by atoms with van der Waals surface area (Å²) in [6.07, 6.45) is 10.2. The van der Waals surface area contributed by atoms with Crippen molar-refractivity contribution in [3.63, 3.8) is 0 Å². The number of carbonyl (C=O) groups excluding carboxylic acids is 3. The van der Waals surface area contributed by atoms with Crippen molar-refractivity contribution in [2.45, 2.75) is 96.4 Å². The number of likely N-dealkylation sites (tertiary alicyclic amines) is 1. The molecule has 12 heteroatoms. The fourth-order valence-electron chi connectivity index (χ4n) is 7.43. The molecule has 0 radical (unpaired) electrons. The minimum absolute atomic E-state index is 0.0332. The van der Waals surface area contributed by atoms with E-state index in [0.29, 0.717) is 31.2 Å². The monoisotopic (exact) mass is 716 g/mol. The molecule has 12 nitrogen and oxygen atoms in total. The van der Waals surface area contributed by atoms with Crippen molar-refractivity contribution in [1.82, 2.24) is 40.3 Å². The molecule has 1 atom stereocenters. The molecule has 0 spiro atoms. The normalized spacial score (nSPS) is 17.3. The van der Waals surface area contributed by atoms with Crippen LogP contribution in [0, 0.1) is 6.92 Å². The van der Waals surface area contributed by atoms with Crippen LogP contribution in [-0.4, -0.2) is 67.0 Å². The average molecular weight is 717 g/mol. The van der Waals surface area contributed by atoms with Crippen LogP contribution in [0.1, 0.15) is 115 Å². The van der Waals surface area contributed by atoms with Crippen molar-refractivity contribution in [2.24, 2.45) is 0 Å². The molecule has 3 amide bonds. The summed E-state index contributed by atoms with van der Waals surface area (Å²) in [5.41, 5.74) is 8.14. The van der Waals surface area contributed by atoms with E-state index >= 15 is 0 Å². The number of nitrogens with zero attached hydrogens (tertiary/aromatic N) is 6. The van der Waals surface area contributed by atoms with E-state index in [4.69, 9.17) is 4.52 Å². The molecule has 2 fully saturated rings. The molecular formula is C41H48N8O4. The number of imide groups is 1. The second kappa shape index (κ2) is 15.4. The molecule has 0 bridgehead atoms. The van der Waals surface area contributed by atoms with Gasteiger partial charge in [-0.15, -0.1) is 0 Å². The third-order valence-electron chi connectivity index (χ3n) is 10.6. The van der Waals surface area contributed by atoms with E-state index in [-0.39, 0.29) is 34.9 Å². The Hall–Kier alpha value is -5.23. The van der Waals surface area contributed by atoms with Crippen LogP contribution >= 0.6 is 0 Å². The molecule has 3 aromatic heterocycles. The average Bonchev–Trinajstić information content (AvgIpc) is 3.82. The number of fused-ring (bicyclic) bond motifs is 1. The lowest BCUT2D eigenvalue weighted by atomic mass is 9.86. The first-order valence-electron chi connectivity index (χ1n) is 18.7. The van der Waals surface area contributed by atoms with Gasteiger partial charge in [0.05, 0.1) is 17.1 Å². The number of hydrogen-bond donors (Lipinski definition) is 2. The molecule has 0 aliphatic carbocycles. The van der Waals surface area contributed by atoms with Crippen molar-refractivity contribution < 1.29 is 18.9 Å². The van der Waals surface area contributed by atoms with Crippen molar-refractivity contribution >= 4 is 23.2 Å². The lowest BCUT2D eigenvalue weighted by Crippen LogP contribution is -2.39. The first-order valence-corrected chi connectivity index (χ1v) is 18.7. The number of rotatable bonds is 11. The third-order valence-corrected chi connectivity index (χ3v) is 10.6. The van der Waals surface area contributed by atoms with Crippen LogP contribution in [0.2, 0.25) is 0 Å². The second-order valence-electron chi connectivity index (χ2n) is 15.5. The van der Waals surface area contributed by atoms with Crippen molar-refractivity contribution in [3.05, 3.63) is 101 Å². The molecule has 5 aromatic rings. The first kappa shape index (κ1) is 36.1. The number of carbonyl (C=O) groups is 3. The van der Waals surface area contributed by atoms with Crippen LogP contribution in [0.15, 0.2) is 65.6 Å². The van der Waals surface area contributed by atoms with Crippen LogP contribution < -0.4 is 10.6 Å². The van der Waals surface area contributed by atoms with Crippen molar-refractivity contribution in [3.8, 4) is 11.3 Å². The number of amides is 3. The summed E-state index contributed by atoms with van der Waals surface area (Å²) in [5.74, 6) is 0.0442. The summed E-state index contributed by atoms with van der Waals surface area (Å²) in [6, 6.07) is 16.9. The van der Waals surface area contributed by atoms with E-state index in [2.05, 4.69) is 78.4 Å². The molecule has 53 heavy (non-hydrogen) atoms. The summed E-state index contributed by atoms with van der Waals surface area (Å²) in [7, 11) is 0. The third kappa shape index (κ3) is 8.38. The van der Waals surface area contributed by atoms with Crippen molar-refractivity contribution in [2.75, 3.05) is 19.6 Å². The van der Waals surface area contributed by atoms with Gasteiger partial charge in [-0.3, -0.25) is 19.7 Å². The van der Waals surface area contributed by atoms with Gasteiger partial charge in [-0.2, -0.15) is 10.1 Å². The summed E-state index contributed by atoms with van der Waals surface area (Å²) in [4.78, 5) is 47.9. The number of nitrogens with one attached hydrogen (secondary N) is 2. The van der Waals surface area contributed by atoms with E-state index in [1.54, 1.807) is 6.33 Å². The number of piperidine rings is 2. The minimum Gasteiger partial charge on any atom is -0.345 e. The standard InChI is InChI=1S/C41H48N8O4/c1-26-21-31(12-13-32(26)23-42-39(52)37-46-40(53-47-37)41(2,3)4)36-34-22-27(24-49(34)44-25-43-36)7-5-6-18-48-19-16-29(17-20-48)28-8-10-30(11-9-28)33-14-15-35(50)45-38(33)51/h8-13,21-22,24-25,29,33H,5-7,14-20,23H2,1-4H3,(H,42,52)(H,45,50,51). The fourth-order valence-corrected chi connectivity index (χ4v) is 7.43. The molecule has 276 valence electrons. The van der Waals surface area contributed by atoms with Crippen molar-refractivity contribution in [1.29, 1.82) is 0 Å². The van der Waals surface area contributed by atoms with Gasteiger partial charge in [-0.1, -0.05) is 62.3 Å². The van der Waals surface area contributed by atoms with Crippen LogP contribution in [0.4, 0.5) is 0 Å². The maximum Gasteiger partial charge on any atom is 0.292 e. The Bertz CT molecular complexity index is 2100. The van der Waals surface area contributed by atoms with Crippen LogP contribution in [-0.2, 0) is 28.0 Å². The smallest absolute Gasteiger partial charge is 0.292 e. The molecule has 2 saturated heterocycles. The topological polar surface area (TPSA) is 148 Å². The lowest BCUT2D eigenvalue weighted by molar-refractivity contribution is -0.134. The predicted octanol–water partition coefficient (Wildman–Crippen LogP) is 6.04. The minimum atomic E-state index is -0.372. The van der Waals surface area contributed by atoms with Crippen LogP contribution in [0.5, 0.6) is 0 Å². The van der Waals surface area contributed by atoms with Gasteiger partial charge in [0.2, 0.25) is 17.7 Å². The highest BCUT2D eigenvalue weighted by molar-refractivity contribution is 6.00. The molecule has 7 rings (SSSR count). The Kier molecular flexibility index (Phi) is 10.5. The molecule has 2 N–H and O–H groups in total. The van der Waals surface area contributed by atoms with E-state index in [1.807, 2.05) is 44.3 Å². The summed E-state index contributed by atoms with van der Waals surface area (Å²) < 4.78 is 7.18. The maximum atomic E-state index is 12.7. The lowest BCUT2D eigenvalue weighted by Gasteiger charge is -2.32. The molecular weight excluding hydrogens is 669 g/mol. The Morgan fingerprint density at radius 1 is 1.00 bits per heavy atom. The van der Waals surface area contributed by atoms with E-state index < -0.39 is 0 Å². The summed E-state index contributed by atoms with van der Waals surface area (Å²) in [5, 5.41) is 13.7. The summed E-state index contributed by atoms with van der Waals surface area (Å²) >= 11 is 0. The second-order valence-corrected chi connectivity index (χ2v) is 15.5. The van der Waals surface area contributed by atoms with Crippen LogP contribution in [0.25, 0.3) is 16.8 Å². The van der Waals surface area contributed by atoms with Gasteiger partial charge in [0.1, 0.15) is 6.33 Å². The highest BCUT2D eigenvalue weighted by Gasteiger charge is 2.29. The Labute approximate surface area is 309 Å². The first-order chi connectivity index (χ1) is 25.5. The summed E-state index contributed by atoms with van der Waals surface area (Å²) in [6.45, 7) is 11.5. The largest absolute Gasteiger partial charge is 0.345 e. The SMILES string of the molecule is Cc1cc(-c2ncnn3cc(CCCCN4CCC(c5ccc(C6CCC(=O)NC6=O)cc5)CC4)cc23)ccc1CNC(=O)c1noc(C(C)(C)C)n1. The van der Waals surface area contributed by atoms with E-state index in [9.17, 15) is 14.4 Å².